The Kier molecular flexibility index (Phi) is 6.97. The van der Waals surface area contributed by atoms with Gasteiger partial charge in [0.1, 0.15) is 5.82 Å². The van der Waals surface area contributed by atoms with Crippen LogP contribution in [0.2, 0.25) is 0 Å². The predicted octanol–water partition coefficient (Wildman–Crippen LogP) is 5.72. The third kappa shape index (κ3) is 5.73. The summed E-state index contributed by atoms with van der Waals surface area (Å²) < 4.78 is 67.7. The van der Waals surface area contributed by atoms with Gasteiger partial charge in [0.2, 0.25) is 15.9 Å². The van der Waals surface area contributed by atoms with E-state index in [2.05, 4.69) is 20.0 Å². The van der Waals surface area contributed by atoms with Crippen molar-refractivity contribution in [2.24, 2.45) is 5.92 Å². The Labute approximate surface area is 217 Å². The van der Waals surface area contributed by atoms with Gasteiger partial charge in [-0.3, -0.25) is 4.79 Å². The number of aromatic amines is 1. The summed E-state index contributed by atoms with van der Waals surface area (Å²) in [6.45, 7) is 0. The minimum absolute atomic E-state index is 0.0808. The first-order valence-electron chi connectivity index (χ1n) is 12.1. The molecule has 0 spiro atoms. The van der Waals surface area contributed by atoms with Gasteiger partial charge < -0.3 is 10.3 Å². The van der Waals surface area contributed by atoms with Gasteiger partial charge in [-0.15, -0.1) is 0 Å². The molecule has 5 rings (SSSR count). The van der Waals surface area contributed by atoms with Crippen LogP contribution in [0.5, 0.6) is 0 Å². The number of imidazole rings is 1. The van der Waals surface area contributed by atoms with Crippen LogP contribution < -0.4 is 10.0 Å². The Morgan fingerprint density at radius 1 is 0.921 bits per heavy atom. The van der Waals surface area contributed by atoms with Gasteiger partial charge in [0, 0.05) is 23.2 Å². The Morgan fingerprint density at radius 2 is 1.66 bits per heavy atom. The van der Waals surface area contributed by atoms with Crippen LogP contribution in [0.25, 0.3) is 22.4 Å². The zero-order chi connectivity index (χ0) is 26.9. The molecule has 7 nitrogen and oxygen atoms in total. The molecular weight excluding hydrogens is 517 g/mol. The second-order valence-corrected chi connectivity index (χ2v) is 11.1. The number of amides is 1. The highest BCUT2D eigenvalue weighted by molar-refractivity contribution is 7.89. The molecule has 1 fully saturated rings. The molecule has 0 radical (unpaired) electrons. The summed E-state index contributed by atoms with van der Waals surface area (Å²) in [7, 11) is -3.82. The Morgan fingerprint density at radius 3 is 2.37 bits per heavy atom. The van der Waals surface area contributed by atoms with Gasteiger partial charge in [-0.25, -0.2) is 18.1 Å². The molecule has 4 aromatic rings. The Balaban J connectivity index is 1.20. The summed E-state index contributed by atoms with van der Waals surface area (Å²) in [5, 5.41) is 2.56. The molecule has 1 saturated carbocycles. The lowest BCUT2D eigenvalue weighted by Gasteiger charge is -2.28. The van der Waals surface area contributed by atoms with Crippen LogP contribution in [0.1, 0.15) is 31.2 Å². The molecular formula is C27H25F3N4O3S. The van der Waals surface area contributed by atoms with E-state index in [9.17, 15) is 26.4 Å². The van der Waals surface area contributed by atoms with E-state index in [1.54, 1.807) is 12.1 Å². The summed E-state index contributed by atoms with van der Waals surface area (Å²) in [6.07, 6.45) is -2.80. The maximum absolute atomic E-state index is 13.1. The summed E-state index contributed by atoms with van der Waals surface area (Å²) in [5.41, 5.74) is 1.38. The number of benzene rings is 3. The number of halogens is 3. The monoisotopic (exact) mass is 542 g/mol. The van der Waals surface area contributed by atoms with Crippen molar-refractivity contribution in [3.8, 4) is 11.4 Å². The molecule has 0 unspecified atom stereocenters. The molecule has 1 aromatic heterocycles. The van der Waals surface area contributed by atoms with Gasteiger partial charge in [0.25, 0.3) is 0 Å². The van der Waals surface area contributed by atoms with Crippen LogP contribution >= 0.6 is 0 Å². The molecule has 1 heterocycles. The molecule has 3 aromatic carbocycles. The van der Waals surface area contributed by atoms with Crippen molar-refractivity contribution < 1.29 is 26.4 Å². The Hall–Kier alpha value is -3.70. The third-order valence-electron chi connectivity index (χ3n) is 6.69. The highest BCUT2D eigenvalue weighted by Gasteiger charge is 2.32. The summed E-state index contributed by atoms with van der Waals surface area (Å²) >= 11 is 0. The van der Waals surface area contributed by atoms with Crippen molar-refractivity contribution in [2.45, 2.75) is 42.8 Å². The van der Waals surface area contributed by atoms with Gasteiger partial charge in [-0.1, -0.05) is 36.4 Å². The fourth-order valence-electron chi connectivity index (χ4n) is 4.67. The summed E-state index contributed by atoms with van der Waals surface area (Å²) in [6, 6.07) is 18.4. The van der Waals surface area contributed by atoms with Gasteiger partial charge in [0.05, 0.1) is 21.5 Å². The van der Waals surface area contributed by atoms with Crippen LogP contribution in [-0.4, -0.2) is 30.3 Å². The van der Waals surface area contributed by atoms with E-state index < -0.39 is 27.7 Å². The molecule has 0 bridgehead atoms. The van der Waals surface area contributed by atoms with Gasteiger partial charge in [-0.2, -0.15) is 13.2 Å². The van der Waals surface area contributed by atoms with E-state index in [1.807, 2.05) is 30.3 Å². The molecule has 0 saturated heterocycles. The quantitative estimate of drug-likeness (QED) is 0.290. The topological polar surface area (TPSA) is 104 Å². The van der Waals surface area contributed by atoms with Crippen molar-refractivity contribution >= 4 is 32.7 Å². The number of hydrogen-bond donors (Lipinski definition) is 3. The number of nitrogens with zero attached hydrogens (tertiary/aromatic N) is 1. The second kappa shape index (κ2) is 10.2. The number of hydrogen-bond acceptors (Lipinski definition) is 4. The fourth-order valence-corrected chi connectivity index (χ4v) is 6.00. The molecule has 1 amide bonds. The van der Waals surface area contributed by atoms with Crippen LogP contribution in [0.4, 0.5) is 18.9 Å². The van der Waals surface area contributed by atoms with E-state index in [-0.39, 0.29) is 22.5 Å². The smallest absolute Gasteiger partial charge is 0.338 e. The standard InChI is InChI=1S/C27H25F3N4O3S/c28-27(29,30)19-7-4-8-21(15-19)31-26(35)18-9-11-20(12-10-18)34-38(36,37)22-13-14-23-24(16-22)33-25(32-23)17-5-2-1-3-6-17/h1-8,13-16,18,20,34H,9-12H2,(H,31,35)(H,32,33). The van der Waals surface area contributed by atoms with Crippen molar-refractivity contribution in [3.05, 3.63) is 78.4 Å². The number of nitrogens with one attached hydrogen (secondary N) is 3. The number of rotatable bonds is 6. The number of anilines is 1. The molecule has 0 aliphatic heterocycles. The lowest BCUT2D eigenvalue weighted by molar-refractivity contribution is -0.137. The number of fused-ring (bicyclic) bond motifs is 1. The molecule has 0 atom stereocenters. The average molecular weight is 543 g/mol. The van der Waals surface area contributed by atoms with Crippen molar-refractivity contribution in [1.82, 2.24) is 14.7 Å². The maximum Gasteiger partial charge on any atom is 0.416 e. The molecule has 1 aliphatic rings. The first-order chi connectivity index (χ1) is 18.1. The lowest BCUT2D eigenvalue weighted by atomic mass is 9.86. The van der Waals surface area contributed by atoms with Crippen molar-refractivity contribution in [3.63, 3.8) is 0 Å². The van der Waals surface area contributed by atoms with Gasteiger partial charge in [0.15, 0.2) is 0 Å². The number of carbonyl (C=O) groups is 1. The first kappa shape index (κ1) is 25.9. The second-order valence-electron chi connectivity index (χ2n) is 9.37. The Bertz CT molecular complexity index is 1560. The summed E-state index contributed by atoms with van der Waals surface area (Å²) in [4.78, 5) is 20.4. The van der Waals surface area contributed by atoms with Gasteiger partial charge >= 0.3 is 6.18 Å². The molecule has 38 heavy (non-hydrogen) atoms. The largest absolute Gasteiger partial charge is 0.416 e. The molecule has 3 N–H and O–H groups in total. The zero-order valence-electron chi connectivity index (χ0n) is 20.1. The highest BCUT2D eigenvalue weighted by atomic mass is 32.2. The molecule has 198 valence electrons. The van der Waals surface area contributed by atoms with E-state index in [0.29, 0.717) is 42.5 Å². The van der Waals surface area contributed by atoms with Crippen LogP contribution in [0, 0.1) is 5.92 Å². The first-order valence-corrected chi connectivity index (χ1v) is 13.6. The third-order valence-corrected chi connectivity index (χ3v) is 8.21. The highest BCUT2D eigenvalue weighted by Crippen LogP contribution is 2.32. The normalized spacial score (nSPS) is 18.4. The van der Waals surface area contributed by atoms with Crippen molar-refractivity contribution in [2.75, 3.05) is 5.32 Å². The number of aromatic nitrogens is 2. The molecule has 1 aliphatic carbocycles. The number of H-pyrrole nitrogens is 1. The average Bonchev–Trinajstić information content (AvgIpc) is 3.33. The maximum atomic E-state index is 13.1. The fraction of sp³-hybridized carbons (Fsp3) is 0.259. The minimum atomic E-state index is -4.50. The van der Waals surface area contributed by atoms with E-state index in [4.69, 9.17) is 0 Å². The predicted molar refractivity (Wildman–Crippen MR) is 138 cm³/mol. The zero-order valence-corrected chi connectivity index (χ0v) is 20.9. The van der Waals surface area contributed by atoms with E-state index in [1.165, 1.54) is 18.2 Å². The summed E-state index contributed by atoms with van der Waals surface area (Å²) in [5.74, 6) is -0.141. The van der Waals surface area contributed by atoms with Crippen molar-refractivity contribution in [1.29, 1.82) is 0 Å². The van der Waals surface area contributed by atoms with Crippen LogP contribution in [-0.2, 0) is 21.0 Å². The number of alkyl halides is 3. The van der Waals surface area contributed by atoms with Crippen LogP contribution in [0.15, 0.2) is 77.7 Å². The number of carbonyl (C=O) groups excluding carboxylic acids is 1. The van der Waals surface area contributed by atoms with Crippen LogP contribution in [0.3, 0.4) is 0 Å². The van der Waals surface area contributed by atoms with E-state index in [0.717, 1.165) is 17.7 Å². The van der Waals surface area contributed by atoms with E-state index >= 15 is 0 Å². The minimum Gasteiger partial charge on any atom is -0.338 e. The number of sulfonamides is 1. The SMILES string of the molecule is O=C(Nc1cccc(C(F)(F)F)c1)C1CCC(NS(=O)(=O)c2ccc3nc(-c4ccccc4)[nH]c3c2)CC1. The van der Waals surface area contributed by atoms with Gasteiger partial charge in [-0.05, 0) is 62.1 Å². The molecule has 11 heteroatoms. The lowest BCUT2D eigenvalue weighted by Crippen LogP contribution is -2.39.